The lowest BCUT2D eigenvalue weighted by Crippen LogP contribution is -2.01. The van der Waals surface area contributed by atoms with Crippen molar-refractivity contribution >= 4 is 38.7 Å². The Bertz CT molecular complexity index is 1180. The number of thioether (sulfide) groups is 1. The molecule has 0 saturated carbocycles. The maximum absolute atomic E-state index is 12.0. The van der Waals surface area contributed by atoms with Gasteiger partial charge in [-0.3, -0.25) is 0 Å². The Balaban J connectivity index is 1.60. The van der Waals surface area contributed by atoms with Crippen LogP contribution >= 0.6 is 27.7 Å². The molecule has 0 saturated heterocycles. The van der Waals surface area contributed by atoms with Crippen molar-refractivity contribution in [2.45, 2.75) is 24.8 Å². The zero-order chi connectivity index (χ0) is 19.0. The van der Waals surface area contributed by atoms with Gasteiger partial charge >= 0.3 is 5.63 Å². The minimum absolute atomic E-state index is 0.354. The Kier molecular flexibility index (Phi) is 4.88. The van der Waals surface area contributed by atoms with Crippen molar-refractivity contribution in [1.82, 2.24) is 10.2 Å². The van der Waals surface area contributed by atoms with Gasteiger partial charge in [-0.2, -0.15) is 0 Å². The average Bonchev–Trinajstić information content (AvgIpc) is 3.13. The number of aromatic nitrogens is 2. The van der Waals surface area contributed by atoms with Gasteiger partial charge in [0.2, 0.25) is 5.89 Å². The number of hydrogen-bond donors (Lipinski definition) is 0. The number of benzene rings is 2. The van der Waals surface area contributed by atoms with Crippen molar-refractivity contribution in [2.24, 2.45) is 0 Å². The van der Waals surface area contributed by atoms with Crippen LogP contribution in [-0.4, -0.2) is 10.2 Å². The van der Waals surface area contributed by atoms with Crippen LogP contribution in [0.4, 0.5) is 0 Å². The van der Waals surface area contributed by atoms with E-state index in [0.29, 0.717) is 22.4 Å². The molecule has 0 amide bonds. The molecule has 0 aliphatic rings. The fourth-order valence-corrected chi connectivity index (χ4v) is 3.78. The van der Waals surface area contributed by atoms with E-state index >= 15 is 0 Å². The van der Waals surface area contributed by atoms with Gasteiger partial charge < -0.3 is 8.83 Å². The van der Waals surface area contributed by atoms with E-state index in [2.05, 4.69) is 26.1 Å². The van der Waals surface area contributed by atoms with Crippen LogP contribution in [0.1, 0.15) is 16.7 Å². The second kappa shape index (κ2) is 7.32. The molecule has 0 bridgehead atoms. The van der Waals surface area contributed by atoms with Gasteiger partial charge in [0.25, 0.3) is 5.22 Å². The van der Waals surface area contributed by atoms with Crippen molar-refractivity contribution in [2.75, 3.05) is 0 Å². The van der Waals surface area contributed by atoms with Crippen molar-refractivity contribution in [3.05, 3.63) is 74.0 Å². The third-order valence-electron chi connectivity index (χ3n) is 4.37. The number of hydrogen-bond acceptors (Lipinski definition) is 6. The molecular formula is C20H15BrN2O3S. The lowest BCUT2D eigenvalue weighted by atomic mass is 10.0. The molecule has 0 aliphatic heterocycles. The highest BCUT2D eigenvalue weighted by atomic mass is 79.9. The van der Waals surface area contributed by atoms with Gasteiger partial charge in [0.15, 0.2) is 0 Å². The van der Waals surface area contributed by atoms with Crippen LogP contribution in [0.5, 0.6) is 0 Å². The summed E-state index contributed by atoms with van der Waals surface area (Å²) in [6, 6.07) is 13.2. The molecule has 0 radical (unpaired) electrons. The molecular weight excluding hydrogens is 428 g/mol. The van der Waals surface area contributed by atoms with E-state index in [4.69, 9.17) is 8.83 Å². The molecule has 4 rings (SSSR count). The largest absolute Gasteiger partial charge is 0.422 e. The van der Waals surface area contributed by atoms with Crippen LogP contribution in [0, 0.1) is 13.8 Å². The predicted molar refractivity (Wildman–Crippen MR) is 109 cm³/mol. The summed E-state index contributed by atoms with van der Waals surface area (Å²) in [5.41, 5.74) is 4.09. The summed E-state index contributed by atoms with van der Waals surface area (Å²) in [5.74, 6) is 1.00. The van der Waals surface area contributed by atoms with E-state index in [-0.39, 0.29) is 5.63 Å². The first-order valence-electron chi connectivity index (χ1n) is 8.26. The fraction of sp³-hybridized carbons (Fsp3) is 0.150. The third kappa shape index (κ3) is 3.70. The molecule has 0 unspecified atom stereocenters. The summed E-state index contributed by atoms with van der Waals surface area (Å²) < 4.78 is 12.1. The van der Waals surface area contributed by atoms with Crippen LogP contribution in [0.25, 0.3) is 22.4 Å². The Labute approximate surface area is 167 Å². The second-order valence-corrected chi connectivity index (χ2v) is 7.99. The van der Waals surface area contributed by atoms with Crippen LogP contribution < -0.4 is 5.63 Å². The van der Waals surface area contributed by atoms with Gasteiger partial charge in [-0.1, -0.05) is 39.8 Å². The summed E-state index contributed by atoms with van der Waals surface area (Å²) in [6.07, 6.45) is 0. The van der Waals surface area contributed by atoms with Crippen LogP contribution in [0.3, 0.4) is 0 Å². The predicted octanol–water partition coefficient (Wildman–Crippen LogP) is 5.51. The minimum atomic E-state index is -0.354. The highest BCUT2D eigenvalue weighted by Crippen LogP contribution is 2.30. The molecule has 5 nitrogen and oxygen atoms in total. The Hall–Kier alpha value is -2.38. The lowest BCUT2D eigenvalue weighted by molar-refractivity contribution is 0.466. The fourth-order valence-electron chi connectivity index (χ4n) is 2.76. The third-order valence-corrected chi connectivity index (χ3v) is 5.76. The standard InChI is InChI=1S/C20H15BrN2O3S/c1-11-3-8-16-14(9-17(24)25-18(16)12(11)2)10-27-20-23-22-19(26-20)13-4-6-15(21)7-5-13/h3-9H,10H2,1-2H3. The maximum atomic E-state index is 12.0. The monoisotopic (exact) mass is 442 g/mol. The minimum Gasteiger partial charge on any atom is -0.422 e. The number of aryl methyl sites for hydroxylation is 2. The first kappa shape index (κ1) is 18.0. The van der Waals surface area contributed by atoms with E-state index < -0.39 is 0 Å². The van der Waals surface area contributed by atoms with Crippen LogP contribution in [-0.2, 0) is 5.75 Å². The highest BCUT2D eigenvalue weighted by molar-refractivity contribution is 9.10. The summed E-state index contributed by atoms with van der Waals surface area (Å²) in [7, 11) is 0. The smallest absolute Gasteiger partial charge is 0.336 e. The Morgan fingerprint density at radius 1 is 1.04 bits per heavy atom. The molecule has 0 N–H and O–H groups in total. The number of fused-ring (bicyclic) bond motifs is 1. The van der Waals surface area contributed by atoms with Gasteiger partial charge in [0.05, 0.1) is 0 Å². The van der Waals surface area contributed by atoms with Crippen molar-refractivity contribution < 1.29 is 8.83 Å². The van der Waals surface area contributed by atoms with E-state index in [0.717, 1.165) is 32.1 Å². The van der Waals surface area contributed by atoms with Crippen molar-refractivity contribution in [3.63, 3.8) is 0 Å². The van der Waals surface area contributed by atoms with E-state index in [1.807, 2.05) is 50.2 Å². The van der Waals surface area contributed by atoms with Crippen LogP contribution in [0.2, 0.25) is 0 Å². The van der Waals surface area contributed by atoms with Crippen molar-refractivity contribution in [3.8, 4) is 11.5 Å². The first-order chi connectivity index (χ1) is 13.0. The Morgan fingerprint density at radius 3 is 2.59 bits per heavy atom. The number of rotatable bonds is 4. The molecule has 0 fully saturated rings. The van der Waals surface area contributed by atoms with Crippen molar-refractivity contribution in [1.29, 1.82) is 0 Å². The maximum Gasteiger partial charge on any atom is 0.336 e. The van der Waals surface area contributed by atoms with Gasteiger partial charge in [0.1, 0.15) is 5.58 Å². The summed E-state index contributed by atoms with van der Waals surface area (Å²) >= 11 is 4.80. The summed E-state index contributed by atoms with van der Waals surface area (Å²) in [5, 5.41) is 9.58. The summed E-state index contributed by atoms with van der Waals surface area (Å²) in [6.45, 7) is 3.96. The molecule has 136 valence electrons. The molecule has 27 heavy (non-hydrogen) atoms. The van der Waals surface area contributed by atoms with Crippen LogP contribution in [0.15, 0.2) is 65.8 Å². The van der Waals surface area contributed by atoms with E-state index in [1.54, 1.807) is 0 Å². The topological polar surface area (TPSA) is 69.1 Å². The molecule has 2 heterocycles. The molecule has 0 aliphatic carbocycles. The highest BCUT2D eigenvalue weighted by Gasteiger charge is 2.13. The van der Waals surface area contributed by atoms with Gasteiger partial charge in [0, 0.05) is 27.2 Å². The SMILES string of the molecule is Cc1ccc2c(CSc3nnc(-c4ccc(Br)cc4)o3)cc(=O)oc2c1C. The molecule has 0 atom stereocenters. The van der Waals surface area contributed by atoms with E-state index in [1.165, 1.54) is 17.8 Å². The molecule has 2 aromatic carbocycles. The van der Waals surface area contributed by atoms with E-state index in [9.17, 15) is 4.79 Å². The average molecular weight is 443 g/mol. The number of nitrogens with zero attached hydrogens (tertiary/aromatic N) is 2. The molecule has 0 spiro atoms. The lowest BCUT2D eigenvalue weighted by Gasteiger charge is -2.07. The Morgan fingerprint density at radius 2 is 1.81 bits per heavy atom. The number of halogens is 1. The molecule has 2 aromatic heterocycles. The molecule has 7 heteroatoms. The van der Waals surface area contributed by atoms with Gasteiger partial charge in [-0.25, -0.2) is 4.79 Å². The summed E-state index contributed by atoms with van der Waals surface area (Å²) in [4.78, 5) is 12.0. The van der Waals surface area contributed by atoms with Gasteiger partial charge in [-0.05, 0) is 54.8 Å². The zero-order valence-corrected chi connectivity index (χ0v) is 17.1. The first-order valence-corrected chi connectivity index (χ1v) is 10.0. The normalized spacial score (nSPS) is 11.2. The zero-order valence-electron chi connectivity index (χ0n) is 14.7. The second-order valence-electron chi connectivity index (χ2n) is 6.14. The molecule has 4 aromatic rings. The quantitative estimate of drug-likeness (QED) is 0.306. The van der Waals surface area contributed by atoms with Gasteiger partial charge in [-0.15, -0.1) is 10.2 Å².